The summed E-state index contributed by atoms with van der Waals surface area (Å²) < 4.78 is 0. The van der Waals surface area contributed by atoms with Crippen molar-refractivity contribution in [3.63, 3.8) is 0 Å². The lowest BCUT2D eigenvalue weighted by atomic mass is 9.81. The Labute approximate surface area is 121 Å². The van der Waals surface area contributed by atoms with Crippen LogP contribution in [0.1, 0.15) is 61.8 Å². The van der Waals surface area contributed by atoms with Gasteiger partial charge in [0.05, 0.1) is 11.6 Å². The lowest BCUT2D eigenvalue weighted by molar-refractivity contribution is -0.128. The Morgan fingerprint density at radius 2 is 1.90 bits per heavy atom. The smallest absolute Gasteiger partial charge is 0.240 e. The second-order valence-corrected chi connectivity index (χ2v) is 6.27. The SMILES string of the molecule is Cc1ccc(C)c(C(C)NC(=O)C2(N)CCCCC2)c1. The predicted molar refractivity (Wildman–Crippen MR) is 82.5 cm³/mol. The molecular weight excluding hydrogens is 248 g/mol. The van der Waals surface area contributed by atoms with Crippen molar-refractivity contribution in [2.24, 2.45) is 5.73 Å². The first-order chi connectivity index (χ1) is 9.42. The standard InChI is InChI=1S/C17H26N2O/c1-12-7-8-13(2)15(11-12)14(3)19-16(20)17(18)9-5-4-6-10-17/h7-8,11,14H,4-6,9-10,18H2,1-3H3,(H,19,20). The number of rotatable bonds is 3. The zero-order chi connectivity index (χ0) is 14.8. The van der Waals surface area contributed by atoms with Crippen LogP contribution >= 0.6 is 0 Å². The van der Waals surface area contributed by atoms with Crippen LogP contribution in [-0.4, -0.2) is 11.4 Å². The van der Waals surface area contributed by atoms with E-state index in [0.29, 0.717) is 0 Å². The molecule has 0 spiro atoms. The molecule has 0 saturated heterocycles. The minimum atomic E-state index is -0.662. The molecule has 1 aromatic carbocycles. The van der Waals surface area contributed by atoms with E-state index in [1.165, 1.54) is 23.1 Å². The van der Waals surface area contributed by atoms with Gasteiger partial charge in [0, 0.05) is 0 Å². The summed E-state index contributed by atoms with van der Waals surface area (Å²) in [4.78, 5) is 12.5. The van der Waals surface area contributed by atoms with Gasteiger partial charge < -0.3 is 11.1 Å². The van der Waals surface area contributed by atoms with Gasteiger partial charge in [-0.3, -0.25) is 4.79 Å². The molecule has 1 aliphatic carbocycles. The van der Waals surface area contributed by atoms with Crippen LogP contribution in [0, 0.1) is 13.8 Å². The molecular formula is C17H26N2O. The van der Waals surface area contributed by atoms with Crippen molar-refractivity contribution in [1.82, 2.24) is 5.32 Å². The summed E-state index contributed by atoms with van der Waals surface area (Å²) in [6.07, 6.45) is 4.92. The molecule has 0 heterocycles. The third-order valence-corrected chi connectivity index (χ3v) is 4.45. The number of carbonyl (C=O) groups is 1. The Morgan fingerprint density at radius 3 is 2.55 bits per heavy atom. The molecule has 0 radical (unpaired) electrons. The third kappa shape index (κ3) is 3.21. The summed E-state index contributed by atoms with van der Waals surface area (Å²) in [6, 6.07) is 6.35. The second kappa shape index (κ2) is 5.96. The molecule has 0 aliphatic heterocycles. The van der Waals surface area contributed by atoms with Gasteiger partial charge in [-0.05, 0) is 44.7 Å². The Hall–Kier alpha value is -1.35. The normalized spacial score (nSPS) is 19.4. The van der Waals surface area contributed by atoms with Crippen LogP contribution in [0.2, 0.25) is 0 Å². The van der Waals surface area contributed by atoms with E-state index < -0.39 is 5.54 Å². The van der Waals surface area contributed by atoms with Crippen molar-refractivity contribution in [2.75, 3.05) is 0 Å². The van der Waals surface area contributed by atoms with Gasteiger partial charge in [0.2, 0.25) is 5.91 Å². The molecule has 1 saturated carbocycles. The first-order valence-electron chi connectivity index (χ1n) is 7.59. The van der Waals surface area contributed by atoms with E-state index in [4.69, 9.17) is 5.73 Å². The van der Waals surface area contributed by atoms with Crippen LogP contribution in [0.5, 0.6) is 0 Å². The van der Waals surface area contributed by atoms with Gasteiger partial charge in [0.25, 0.3) is 0 Å². The van der Waals surface area contributed by atoms with Crippen molar-refractivity contribution >= 4 is 5.91 Å². The molecule has 1 atom stereocenters. The highest BCUT2D eigenvalue weighted by Gasteiger charge is 2.35. The largest absolute Gasteiger partial charge is 0.348 e. The minimum absolute atomic E-state index is 0.00440. The Kier molecular flexibility index (Phi) is 4.48. The van der Waals surface area contributed by atoms with Crippen molar-refractivity contribution in [3.8, 4) is 0 Å². The van der Waals surface area contributed by atoms with E-state index in [1.807, 2.05) is 6.92 Å². The average Bonchev–Trinajstić information content (AvgIpc) is 2.42. The summed E-state index contributed by atoms with van der Waals surface area (Å²) in [5.41, 5.74) is 9.22. The molecule has 0 bridgehead atoms. The van der Waals surface area contributed by atoms with Gasteiger partial charge in [-0.1, -0.05) is 43.0 Å². The van der Waals surface area contributed by atoms with Crippen LogP contribution in [0.4, 0.5) is 0 Å². The number of carbonyl (C=O) groups excluding carboxylic acids is 1. The van der Waals surface area contributed by atoms with Crippen LogP contribution in [0.15, 0.2) is 18.2 Å². The maximum absolute atomic E-state index is 12.5. The lowest BCUT2D eigenvalue weighted by Crippen LogP contribution is -2.55. The van der Waals surface area contributed by atoms with Crippen LogP contribution in [-0.2, 0) is 4.79 Å². The quantitative estimate of drug-likeness (QED) is 0.889. The molecule has 20 heavy (non-hydrogen) atoms. The molecule has 3 N–H and O–H groups in total. The number of hydrogen-bond donors (Lipinski definition) is 2. The van der Waals surface area contributed by atoms with E-state index in [2.05, 4.69) is 37.4 Å². The average molecular weight is 274 g/mol. The van der Waals surface area contributed by atoms with Crippen molar-refractivity contribution in [1.29, 1.82) is 0 Å². The van der Waals surface area contributed by atoms with Crippen molar-refractivity contribution in [3.05, 3.63) is 34.9 Å². The topological polar surface area (TPSA) is 55.1 Å². The van der Waals surface area contributed by atoms with Crippen LogP contribution < -0.4 is 11.1 Å². The van der Waals surface area contributed by atoms with Crippen molar-refractivity contribution in [2.45, 2.75) is 64.5 Å². The van der Waals surface area contributed by atoms with Gasteiger partial charge in [-0.25, -0.2) is 0 Å². The highest BCUT2D eigenvalue weighted by atomic mass is 16.2. The molecule has 3 nitrogen and oxygen atoms in total. The molecule has 2 rings (SSSR count). The highest BCUT2D eigenvalue weighted by molar-refractivity contribution is 5.86. The van der Waals surface area contributed by atoms with E-state index in [-0.39, 0.29) is 11.9 Å². The fourth-order valence-corrected chi connectivity index (χ4v) is 3.05. The van der Waals surface area contributed by atoms with Gasteiger partial charge >= 0.3 is 0 Å². The fraction of sp³-hybridized carbons (Fsp3) is 0.588. The summed E-state index contributed by atoms with van der Waals surface area (Å²) >= 11 is 0. The van der Waals surface area contributed by atoms with E-state index in [9.17, 15) is 4.79 Å². The third-order valence-electron chi connectivity index (χ3n) is 4.45. The molecule has 1 amide bonds. The first kappa shape index (κ1) is 15.0. The first-order valence-corrected chi connectivity index (χ1v) is 7.59. The van der Waals surface area contributed by atoms with Gasteiger partial charge in [-0.2, -0.15) is 0 Å². The number of nitrogens with one attached hydrogen (secondary N) is 1. The van der Waals surface area contributed by atoms with Crippen LogP contribution in [0.3, 0.4) is 0 Å². The maximum atomic E-state index is 12.5. The Bertz CT molecular complexity index is 490. The van der Waals surface area contributed by atoms with E-state index in [0.717, 1.165) is 25.7 Å². The van der Waals surface area contributed by atoms with E-state index in [1.54, 1.807) is 0 Å². The number of hydrogen-bond acceptors (Lipinski definition) is 2. The second-order valence-electron chi connectivity index (χ2n) is 6.27. The Balaban J connectivity index is 2.08. The number of aryl methyl sites for hydroxylation is 2. The fourth-order valence-electron chi connectivity index (χ4n) is 3.05. The lowest BCUT2D eigenvalue weighted by Gasteiger charge is -2.33. The molecule has 110 valence electrons. The predicted octanol–water partition coefficient (Wildman–Crippen LogP) is 3.14. The molecule has 3 heteroatoms. The zero-order valence-electron chi connectivity index (χ0n) is 12.8. The summed E-state index contributed by atoms with van der Waals surface area (Å²) in [6.45, 7) is 6.19. The maximum Gasteiger partial charge on any atom is 0.240 e. The van der Waals surface area contributed by atoms with E-state index >= 15 is 0 Å². The monoisotopic (exact) mass is 274 g/mol. The summed E-state index contributed by atoms with van der Waals surface area (Å²) in [5.74, 6) is 0.00519. The number of benzene rings is 1. The molecule has 1 aliphatic rings. The molecule has 0 aromatic heterocycles. The van der Waals surface area contributed by atoms with Crippen LogP contribution in [0.25, 0.3) is 0 Å². The van der Waals surface area contributed by atoms with Crippen molar-refractivity contribution < 1.29 is 4.79 Å². The van der Waals surface area contributed by atoms with Gasteiger partial charge in [-0.15, -0.1) is 0 Å². The molecule has 1 unspecified atom stereocenters. The minimum Gasteiger partial charge on any atom is -0.348 e. The Morgan fingerprint density at radius 1 is 1.25 bits per heavy atom. The van der Waals surface area contributed by atoms with Gasteiger partial charge in [0.15, 0.2) is 0 Å². The summed E-state index contributed by atoms with van der Waals surface area (Å²) in [7, 11) is 0. The zero-order valence-corrected chi connectivity index (χ0v) is 12.8. The number of nitrogens with two attached hydrogens (primary N) is 1. The summed E-state index contributed by atoms with van der Waals surface area (Å²) in [5, 5.41) is 3.11. The highest BCUT2D eigenvalue weighted by Crippen LogP contribution is 2.27. The molecule has 1 fully saturated rings. The number of amides is 1. The van der Waals surface area contributed by atoms with Gasteiger partial charge in [0.1, 0.15) is 0 Å². The molecule has 1 aromatic rings.